The molecule has 0 saturated heterocycles. The van der Waals surface area contributed by atoms with Crippen molar-refractivity contribution in [2.75, 3.05) is 53.4 Å². The number of phenols is 1. The van der Waals surface area contributed by atoms with Gasteiger partial charge in [-0.1, -0.05) is 42.5 Å². The molecule has 420 valence electrons. The number of methoxy groups -OCH3 is 1. The number of aromatic hydroxyl groups is 1. The van der Waals surface area contributed by atoms with Gasteiger partial charge in [0.1, 0.15) is 48.5 Å². The number of imide groups is 1. The van der Waals surface area contributed by atoms with Gasteiger partial charge < -0.3 is 33.5 Å². The largest absolute Gasteiger partial charge is 0.506 e. The third kappa shape index (κ3) is 15.5. The van der Waals surface area contributed by atoms with Crippen LogP contribution in [0.5, 0.6) is 17.2 Å². The van der Waals surface area contributed by atoms with Crippen molar-refractivity contribution < 1.29 is 83.8 Å². The van der Waals surface area contributed by atoms with E-state index in [1.807, 2.05) is 6.92 Å². The quantitative estimate of drug-likeness (QED) is 0.0250. The Morgan fingerprint density at radius 2 is 1.43 bits per heavy atom. The SMILES string of the molecule is CCCOCCOCCn1cc(COc2cccc3c2C(=O)N(C2CCC(=O)CC2=O)C3=O)nn1.COCCOCC(=O)Cc1ccc(COc2ccc(-c3cc(C)[nH]n3)c(O)c2-c2cc(C(F)(F)F)cc(C(F)(F)F)c2)cc1. The van der Waals surface area contributed by atoms with Crippen molar-refractivity contribution in [1.82, 2.24) is 30.1 Å². The Morgan fingerprint density at radius 3 is 2.09 bits per heavy atom. The number of aromatic amines is 1. The van der Waals surface area contributed by atoms with Gasteiger partial charge in [0.05, 0.1) is 91.7 Å². The first kappa shape index (κ1) is 58.9. The number of phenolic OH excluding ortho intramolecular Hbond substituents is 1. The topological polar surface area (TPSA) is 224 Å². The fourth-order valence-corrected chi connectivity index (χ4v) is 8.45. The van der Waals surface area contributed by atoms with Crippen LogP contribution in [-0.4, -0.2) is 124 Å². The minimum Gasteiger partial charge on any atom is -0.506 e. The van der Waals surface area contributed by atoms with E-state index in [9.17, 15) is 55.4 Å². The summed E-state index contributed by atoms with van der Waals surface area (Å²) in [6.07, 6.45) is -7.31. The van der Waals surface area contributed by atoms with Crippen molar-refractivity contribution in [1.29, 1.82) is 0 Å². The number of alkyl halides is 6. The Bertz CT molecular complexity index is 3090. The summed E-state index contributed by atoms with van der Waals surface area (Å²) in [7, 11) is 1.52. The number of hydrogen-bond acceptors (Lipinski definition) is 15. The lowest BCUT2D eigenvalue weighted by Gasteiger charge is -2.27. The standard InChI is InChI=1S/C31H28F6N2O5.C24H28N4O7/c1-18-11-26(39-38-18)25-7-8-27(44-16-20-5-3-19(4-6-20)12-24(40)17-43-10-9-42-2)28(29(25)41)21-13-22(30(32,33)34)15-23(14-21)31(35,36)37;1-2-9-33-11-12-34-10-8-27-14-16(25-26-27)15-35-21-5-3-4-18-22(21)24(32)28(23(18)31)19-7-6-17(29)13-20(19)30/h3-8,11,13-15,41H,9-10,12,16-17H2,1-2H3,(H,38,39);3-5,14,19H,2,6-13,15H2,1H3. The number of carbonyl (C=O) groups excluding carboxylic acids is 5. The number of H-pyrrole nitrogens is 1. The van der Waals surface area contributed by atoms with Crippen LogP contribution in [0.25, 0.3) is 22.4 Å². The third-order valence-electron chi connectivity index (χ3n) is 12.3. The number of Topliss-reactive ketones (excluding diaryl/α,β-unsaturated/α-hetero) is 3. The summed E-state index contributed by atoms with van der Waals surface area (Å²) in [5, 5.41) is 26.1. The molecule has 2 aromatic heterocycles. The van der Waals surface area contributed by atoms with Gasteiger partial charge in [0.15, 0.2) is 11.6 Å². The molecular formula is C55H56F6N6O12. The number of ketones is 3. The minimum absolute atomic E-state index is 0.0139. The molecule has 2 aliphatic rings. The number of aromatic nitrogens is 5. The zero-order chi connectivity index (χ0) is 56.9. The maximum Gasteiger partial charge on any atom is 0.416 e. The van der Waals surface area contributed by atoms with Crippen LogP contribution in [0.3, 0.4) is 0 Å². The molecule has 0 radical (unpaired) electrons. The van der Waals surface area contributed by atoms with Crippen molar-refractivity contribution in [3.05, 3.63) is 130 Å². The molecule has 79 heavy (non-hydrogen) atoms. The molecule has 4 aromatic carbocycles. The number of benzene rings is 4. The smallest absolute Gasteiger partial charge is 0.416 e. The molecular weight excluding hydrogens is 1050 g/mol. The van der Waals surface area contributed by atoms with Gasteiger partial charge in [0, 0.05) is 37.8 Å². The van der Waals surface area contributed by atoms with Gasteiger partial charge in [-0.15, -0.1) is 5.10 Å². The number of amides is 2. The lowest BCUT2D eigenvalue weighted by Crippen LogP contribution is -2.47. The monoisotopic (exact) mass is 1110 g/mol. The minimum atomic E-state index is -5.09. The van der Waals surface area contributed by atoms with Crippen molar-refractivity contribution in [3.8, 4) is 39.6 Å². The summed E-state index contributed by atoms with van der Waals surface area (Å²) >= 11 is 0. The number of halogens is 6. The van der Waals surface area contributed by atoms with Crippen molar-refractivity contribution >= 4 is 29.2 Å². The second-order valence-electron chi connectivity index (χ2n) is 18.3. The Hall–Kier alpha value is -7.80. The zero-order valence-electron chi connectivity index (χ0n) is 43.2. The number of ether oxygens (including phenoxy) is 6. The van der Waals surface area contributed by atoms with Crippen LogP contribution in [0.4, 0.5) is 26.3 Å². The Labute approximate surface area is 448 Å². The van der Waals surface area contributed by atoms with Crippen LogP contribution < -0.4 is 9.47 Å². The molecule has 0 spiro atoms. The summed E-state index contributed by atoms with van der Waals surface area (Å²) in [6, 6.07) is 15.9. The molecule has 1 aliphatic carbocycles. The highest BCUT2D eigenvalue weighted by Gasteiger charge is 2.46. The van der Waals surface area contributed by atoms with E-state index >= 15 is 0 Å². The van der Waals surface area contributed by atoms with E-state index in [0.29, 0.717) is 67.6 Å². The van der Waals surface area contributed by atoms with E-state index in [-0.39, 0.29) is 109 Å². The van der Waals surface area contributed by atoms with E-state index in [0.717, 1.165) is 17.9 Å². The number of nitrogens with zero attached hydrogens (tertiary/aromatic N) is 5. The van der Waals surface area contributed by atoms with E-state index in [1.54, 1.807) is 60.3 Å². The highest BCUT2D eigenvalue weighted by Crippen LogP contribution is 2.47. The number of carbonyl (C=O) groups is 5. The highest BCUT2D eigenvalue weighted by atomic mass is 19.4. The summed E-state index contributed by atoms with van der Waals surface area (Å²) in [4.78, 5) is 63.1. The average molecular weight is 1110 g/mol. The fraction of sp³-hybridized carbons (Fsp3) is 0.382. The van der Waals surface area contributed by atoms with Crippen LogP contribution in [0.2, 0.25) is 0 Å². The molecule has 24 heteroatoms. The first-order valence-corrected chi connectivity index (χ1v) is 24.9. The van der Waals surface area contributed by atoms with Gasteiger partial charge >= 0.3 is 12.4 Å². The molecule has 1 fully saturated rings. The maximum atomic E-state index is 13.7. The first-order valence-electron chi connectivity index (χ1n) is 24.9. The molecule has 1 atom stereocenters. The lowest BCUT2D eigenvalue weighted by atomic mass is 9.92. The van der Waals surface area contributed by atoms with Gasteiger partial charge in [0.2, 0.25) is 0 Å². The summed E-state index contributed by atoms with van der Waals surface area (Å²) < 4.78 is 116. The molecule has 1 unspecified atom stereocenters. The summed E-state index contributed by atoms with van der Waals surface area (Å²) in [5.41, 5.74) is -0.935. The number of rotatable bonds is 24. The van der Waals surface area contributed by atoms with Crippen LogP contribution in [0.1, 0.15) is 87.0 Å². The molecule has 8 rings (SSSR count). The highest BCUT2D eigenvalue weighted by molar-refractivity contribution is 6.24. The van der Waals surface area contributed by atoms with E-state index in [2.05, 4.69) is 20.5 Å². The second kappa shape index (κ2) is 26.7. The fourth-order valence-electron chi connectivity index (χ4n) is 8.45. The van der Waals surface area contributed by atoms with Crippen molar-refractivity contribution in [3.63, 3.8) is 0 Å². The normalized spacial score (nSPS) is 14.6. The molecule has 2 N–H and O–H groups in total. The van der Waals surface area contributed by atoms with E-state index < -0.39 is 58.4 Å². The molecule has 6 aromatic rings. The number of aryl methyl sites for hydroxylation is 1. The van der Waals surface area contributed by atoms with Gasteiger partial charge in [0.25, 0.3) is 11.8 Å². The van der Waals surface area contributed by atoms with Crippen LogP contribution in [0, 0.1) is 6.92 Å². The van der Waals surface area contributed by atoms with Crippen LogP contribution >= 0.6 is 0 Å². The van der Waals surface area contributed by atoms with E-state index in [4.69, 9.17) is 28.4 Å². The van der Waals surface area contributed by atoms with Gasteiger partial charge in [-0.3, -0.25) is 34.0 Å². The van der Waals surface area contributed by atoms with Crippen LogP contribution in [0.15, 0.2) is 85.1 Å². The first-order chi connectivity index (χ1) is 37.7. The number of hydrogen-bond donors (Lipinski definition) is 2. The Morgan fingerprint density at radius 1 is 0.759 bits per heavy atom. The number of fused-ring (bicyclic) bond motifs is 1. The number of nitrogens with one attached hydrogen (secondary N) is 1. The molecule has 1 aliphatic heterocycles. The predicted octanol–water partition coefficient (Wildman–Crippen LogP) is 8.74. The summed E-state index contributed by atoms with van der Waals surface area (Å²) in [6.45, 7) is 6.98. The molecule has 1 saturated carbocycles. The van der Waals surface area contributed by atoms with Crippen LogP contribution in [-0.2, 0) is 71.9 Å². The van der Waals surface area contributed by atoms with Crippen molar-refractivity contribution in [2.45, 2.75) is 84.1 Å². The molecule has 2 amide bonds. The summed E-state index contributed by atoms with van der Waals surface area (Å²) in [5.74, 6) is -2.39. The molecule has 0 bridgehead atoms. The Kier molecular flexibility index (Phi) is 19.9. The lowest BCUT2D eigenvalue weighted by molar-refractivity contribution is -0.143. The van der Waals surface area contributed by atoms with Crippen molar-refractivity contribution in [2.24, 2.45) is 0 Å². The zero-order valence-corrected chi connectivity index (χ0v) is 43.2. The average Bonchev–Trinajstić information content (AvgIpc) is 4.27. The predicted molar refractivity (Wildman–Crippen MR) is 269 cm³/mol. The molecule has 3 heterocycles. The Balaban J connectivity index is 0.000000234. The van der Waals surface area contributed by atoms with Gasteiger partial charge in [-0.2, -0.15) is 31.4 Å². The van der Waals surface area contributed by atoms with E-state index in [1.165, 1.54) is 25.3 Å². The maximum absolute atomic E-state index is 13.7. The van der Waals surface area contributed by atoms with Gasteiger partial charge in [-0.05, 0) is 85.0 Å². The third-order valence-corrected chi connectivity index (χ3v) is 12.3. The molecule has 18 nitrogen and oxygen atoms in total. The second-order valence-corrected chi connectivity index (χ2v) is 18.3. The van der Waals surface area contributed by atoms with Gasteiger partial charge in [-0.25, -0.2) is 4.68 Å².